The lowest BCUT2D eigenvalue weighted by molar-refractivity contribution is -0.142. The molecule has 0 aliphatic carbocycles. The molecule has 2 aliphatic heterocycles. The van der Waals surface area contributed by atoms with Crippen molar-refractivity contribution in [3.63, 3.8) is 0 Å². The van der Waals surface area contributed by atoms with Gasteiger partial charge >= 0.3 is 5.97 Å². The van der Waals surface area contributed by atoms with Crippen LogP contribution < -0.4 is 4.31 Å². The van der Waals surface area contributed by atoms with Crippen LogP contribution in [0, 0.1) is 0 Å². The molecule has 124 valence electrons. The number of carboxylic acid groups (broad SMARTS) is 1. The quantitative estimate of drug-likeness (QED) is 0.896. The molecule has 0 saturated carbocycles. The molecular formula is C16H14N2O5S. The van der Waals surface area contributed by atoms with E-state index in [2.05, 4.69) is 0 Å². The van der Waals surface area contributed by atoms with Crippen molar-refractivity contribution in [1.82, 2.24) is 4.90 Å². The van der Waals surface area contributed by atoms with Crippen molar-refractivity contribution in [2.24, 2.45) is 0 Å². The molecule has 1 fully saturated rings. The van der Waals surface area contributed by atoms with Crippen LogP contribution in [-0.2, 0) is 19.6 Å². The van der Waals surface area contributed by atoms with Crippen LogP contribution in [0.2, 0.25) is 0 Å². The largest absolute Gasteiger partial charge is 0.480 e. The standard InChI is InChI=1S/C16H14N2O5S/c19-14(20)9-17-8-7-12(16(17)21)18-11-5-1-3-10-4-2-6-13(15(10)11)24(18,22)23/h1-6,12H,7-9H2,(H,19,20). The number of nitrogens with zero attached hydrogens (tertiary/aromatic N) is 2. The number of carbonyl (C=O) groups is 2. The second kappa shape index (κ2) is 4.94. The van der Waals surface area contributed by atoms with Crippen molar-refractivity contribution in [3.8, 4) is 0 Å². The third-order valence-electron chi connectivity index (χ3n) is 4.50. The zero-order valence-electron chi connectivity index (χ0n) is 12.5. The van der Waals surface area contributed by atoms with Gasteiger partial charge in [-0.2, -0.15) is 0 Å². The Labute approximate surface area is 138 Å². The Kier molecular flexibility index (Phi) is 3.08. The van der Waals surface area contributed by atoms with Crippen LogP contribution in [0.1, 0.15) is 6.42 Å². The van der Waals surface area contributed by atoms with Crippen molar-refractivity contribution in [2.45, 2.75) is 17.4 Å². The minimum atomic E-state index is -3.83. The molecule has 2 heterocycles. The molecule has 8 heteroatoms. The highest BCUT2D eigenvalue weighted by atomic mass is 32.2. The third-order valence-corrected chi connectivity index (χ3v) is 6.36. The van der Waals surface area contributed by atoms with Gasteiger partial charge in [0.1, 0.15) is 12.6 Å². The molecule has 2 aromatic carbocycles. The fraction of sp³-hybridized carbons (Fsp3) is 0.250. The highest BCUT2D eigenvalue weighted by Crippen LogP contribution is 2.44. The first-order valence-corrected chi connectivity index (χ1v) is 8.92. The van der Waals surface area contributed by atoms with Crippen molar-refractivity contribution >= 4 is 38.4 Å². The maximum absolute atomic E-state index is 13.0. The van der Waals surface area contributed by atoms with Crippen LogP contribution in [0.5, 0.6) is 0 Å². The van der Waals surface area contributed by atoms with Gasteiger partial charge in [-0.1, -0.05) is 24.3 Å². The van der Waals surface area contributed by atoms with Crippen LogP contribution in [0.4, 0.5) is 5.69 Å². The number of carbonyl (C=O) groups excluding carboxylic acids is 1. The first-order valence-electron chi connectivity index (χ1n) is 7.48. The van der Waals surface area contributed by atoms with Crippen molar-refractivity contribution < 1.29 is 23.1 Å². The van der Waals surface area contributed by atoms with E-state index in [-0.39, 0.29) is 17.9 Å². The molecule has 1 amide bonds. The zero-order valence-corrected chi connectivity index (χ0v) is 13.4. The van der Waals surface area contributed by atoms with Crippen LogP contribution >= 0.6 is 0 Å². The summed E-state index contributed by atoms with van der Waals surface area (Å²) in [6.45, 7) is -0.186. The molecule has 4 rings (SSSR count). The Balaban J connectivity index is 1.82. The van der Waals surface area contributed by atoms with E-state index in [0.717, 1.165) is 9.69 Å². The molecule has 2 aromatic rings. The Morgan fingerprint density at radius 3 is 2.62 bits per heavy atom. The van der Waals surface area contributed by atoms with E-state index in [1.165, 1.54) is 11.0 Å². The summed E-state index contributed by atoms with van der Waals surface area (Å²) in [5, 5.41) is 10.3. The summed E-state index contributed by atoms with van der Waals surface area (Å²) in [6.07, 6.45) is 0.274. The lowest BCUT2D eigenvalue weighted by Gasteiger charge is -2.24. The Hall–Kier alpha value is -2.61. The number of aliphatic carboxylic acids is 1. The molecule has 0 bridgehead atoms. The first-order chi connectivity index (χ1) is 11.4. The number of carboxylic acids is 1. The molecule has 1 saturated heterocycles. The van der Waals surface area contributed by atoms with Gasteiger partial charge in [-0.3, -0.25) is 13.9 Å². The molecule has 24 heavy (non-hydrogen) atoms. The highest BCUT2D eigenvalue weighted by molar-refractivity contribution is 7.93. The smallest absolute Gasteiger partial charge is 0.323 e. The Morgan fingerprint density at radius 2 is 1.92 bits per heavy atom. The second-order valence-corrected chi connectivity index (χ2v) is 7.67. The normalized spacial score (nSPS) is 21.7. The maximum Gasteiger partial charge on any atom is 0.323 e. The second-order valence-electron chi connectivity index (χ2n) is 5.89. The van der Waals surface area contributed by atoms with E-state index in [1.54, 1.807) is 18.2 Å². The number of sulfonamides is 1. The predicted molar refractivity (Wildman–Crippen MR) is 86.2 cm³/mol. The summed E-state index contributed by atoms with van der Waals surface area (Å²) in [7, 11) is -3.83. The van der Waals surface area contributed by atoms with E-state index < -0.39 is 34.5 Å². The molecule has 0 radical (unpaired) electrons. The van der Waals surface area contributed by atoms with Gasteiger partial charge in [0.25, 0.3) is 10.0 Å². The summed E-state index contributed by atoms with van der Waals surface area (Å²) < 4.78 is 27.1. The summed E-state index contributed by atoms with van der Waals surface area (Å²) in [5.74, 6) is -1.58. The van der Waals surface area contributed by atoms with E-state index in [1.807, 2.05) is 12.1 Å². The van der Waals surface area contributed by atoms with Crippen LogP contribution in [0.3, 0.4) is 0 Å². The van der Waals surface area contributed by atoms with E-state index in [4.69, 9.17) is 5.11 Å². The van der Waals surface area contributed by atoms with Gasteiger partial charge < -0.3 is 10.0 Å². The maximum atomic E-state index is 13.0. The van der Waals surface area contributed by atoms with Crippen molar-refractivity contribution in [2.75, 3.05) is 17.4 Å². The van der Waals surface area contributed by atoms with Gasteiger partial charge in [0.15, 0.2) is 0 Å². The third kappa shape index (κ3) is 1.92. The van der Waals surface area contributed by atoms with E-state index in [0.29, 0.717) is 11.1 Å². The number of anilines is 1. The average molecular weight is 346 g/mol. The van der Waals surface area contributed by atoms with Crippen molar-refractivity contribution in [1.29, 1.82) is 0 Å². The van der Waals surface area contributed by atoms with Gasteiger partial charge in [0.2, 0.25) is 5.91 Å². The van der Waals surface area contributed by atoms with E-state index >= 15 is 0 Å². The molecule has 1 unspecified atom stereocenters. The van der Waals surface area contributed by atoms with Gasteiger partial charge in [0.05, 0.1) is 10.6 Å². The number of benzene rings is 2. The molecular weight excluding hydrogens is 332 g/mol. The monoisotopic (exact) mass is 346 g/mol. The number of amides is 1. The van der Waals surface area contributed by atoms with Gasteiger partial charge in [0, 0.05) is 11.9 Å². The molecule has 1 atom stereocenters. The lowest BCUT2D eigenvalue weighted by atomic mass is 10.1. The lowest BCUT2D eigenvalue weighted by Crippen LogP contribution is -2.44. The summed E-state index contributed by atoms with van der Waals surface area (Å²) in [6, 6.07) is 9.41. The minimum absolute atomic E-state index is 0.195. The van der Waals surface area contributed by atoms with Gasteiger partial charge in [-0.25, -0.2) is 8.42 Å². The van der Waals surface area contributed by atoms with E-state index in [9.17, 15) is 18.0 Å². The fourth-order valence-corrected chi connectivity index (χ4v) is 5.40. The molecule has 0 aromatic heterocycles. The van der Waals surface area contributed by atoms with Crippen LogP contribution in [0.15, 0.2) is 41.3 Å². The molecule has 0 spiro atoms. The summed E-state index contributed by atoms with van der Waals surface area (Å²) in [5.41, 5.74) is 0.485. The number of hydrogen-bond acceptors (Lipinski definition) is 4. The van der Waals surface area contributed by atoms with Gasteiger partial charge in [-0.05, 0) is 23.9 Å². The average Bonchev–Trinajstić information content (AvgIpc) is 2.98. The summed E-state index contributed by atoms with van der Waals surface area (Å²) >= 11 is 0. The van der Waals surface area contributed by atoms with Gasteiger partial charge in [-0.15, -0.1) is 0 Å². The number of hydrogen-bond donors (Lipinski definition) is 1. The summed E-state index contributed by atoms with van der Waals surface area (Å²) in [4.78, 5) is 24.8. The SMILES string of the molecule is O=C(O)CN1CCC(N2c3cccc4cccc(c34)S2(=O)=O)C1=O. The highest BCUT2D eigenvalue weighted by Gasteiger charge is 2.46. The first kappa shape index (κ1) is 14.9. The fourth-order valence-electron chi connectivity index (χ4n) is 3.52. The molecule has 7 nitrogen and oxygen atoms in total. The Bertz CT molecular complexity index is 980. The predicted octanol–water partition coefficient (Wildman–Crippen LogP) is 1.03. The zero-order chi connectivity index (χ0) is 17.1. The number of likely N-dealkylation sites (tertiary alicyclic amines) is 1. The van der Waals surface area contributed by atoms with Crippen LogP contribution in [0.25, 0.3) is 10.8 Å². The molecule has 2 aliphatic rings. The van der Waals surface area contributed by atoms with Crippen molar-refractivity contribution in [3.05, 3.63) is 36.4 Å². The topological polar surface area (TPSA) is 95.0 Å². The van der Waals surface area contributed by atoms with Crippen LogP contribution in [-0.4, -0.2) is 49.4 Å². The minimum Gasteiger partial charge on any atom is -0.480 e. The Morgan fingerprint density at radius 1 is 1.21 bits per heavy atom. The number of rotatable bonds is 3. The molecule has 1 N–H and O–H groups in total.